The van der Waals surface area contributed by atoms with Crippen molar-refractivity contribution in [2.75, 3.05) is 29.7 Å². The molecule has 0 aromatic heterocycles. The van der Waals surface area contributed by atoms with Gasteiger partial charge in [0, 0.05) is 25.3 Å². The first-order valence-electron chi connectivity index (χ1n) is 7.14. The van der Waals surface area contributed by atoms with Crippen molar-refractivity contribution >= 4 is 21.6 Å². The summed E-state index contributed by atoms with van der Waals surface area (Å²) in [5.41, 5.74) is 8.27. The topological polar surface area (TPSA) is 66.6 Å². The normalized spacial score (nSPS) is 23.9. The average Bonchev–Trinajstić information content (AvgIpc) is 2.82. The molecule has 0 aliphatic carbocycles. The van der Waals surface area contributed by atoms with Gasteiger partial charge in [-0.1, -0.05) is 6.92 Å². The van der Waals surface area contributed by atoms with E-state index in [9.17, 15) is 8.42 Å². The van der Waals surface area contributed by atoms with E-state index in [2.05, 4.69) is 6.92 Å². The van der Waals surface area contributed by atoms with Crippen LogP contribution in [0, 0.1) is 5.92 Å². The predicted molar refractivity (Wildman–Crippen MR) is 80.8 cm³/mol. The highest BCUT2D eigenvalue weighted by molar-refractivity contribution is 7.90. The summed E-state index contributed by atoms with van der Waals surface area (Å²) in [6, 6.07) is 5.47. The maximum absolute atomic E-state index is 12.8. The third kappa shape index (κ3) is 2.27. The number of hydrogen-bond acceptors (Lipinski definition) is 3. The van der Waals surface area contributed by atoms with Crippen LogP contribution in [0.5, 0.6) is 0 Å². The lowest BCUT2D eigenvalue weighted by Gasteiger charge is -2.33. The summed E-state index contributed by atoms with van der Waals surface area (Å²) in [5.74, 6) is 0.437. The van der Waals surface area contributed by atoms with Gasteiger partial charge in [0.25, 0.3) is 0 Å². The molecular weight excluding hydrogens is 274 g/mol. The van der Waals surface area contributed by atoms with Crippen LogP contribution in [0.15, 0.2) is 18.2 Å². The fourth-order valence-corrected chi connectivity index (χ4v) is 4.96. The Hall–Kier alpha value is -1.27. The van der Waals surface area contributed by atoms with Crippen molar-refractivity contribution in [2.45, 2.75) is 26.2 Å². The van der Waals surface area contributed by atoms with Gasteiger partial charge >= 0.3 is 10.2 Å². The zero-order valence-electron chi connectivity index (χ0n) is 11.7. The van der Waals surface area contributed by atoms with Crippen LogP contribution in [0.25, 0.3) is 0 Å². The van der Waals surface area contributed by atoms with Crippen molar-refractivity contribution in [3.8, 4) is 0 Å². The van der Waals surface area contributed by atoms with Crippen LogP contribution >= 0.6 is 0 Å². The Balaban J connectivity index is 1.90. The standard InChI is InChI=1S/C14H21N3O2S/c1-11-3-2-7-16(10-11)20(18,19)17-8-6-12-9-13(15)4-5-14(12)17/h4-5,9,11H,2-3,6-8,10,15H2,1H3. The third-order valence-corrected chi connectivity index (χ3v) is 6.10. The van der Waals surface area contributed by atoms with Crippen molar-refractivity contribution in [1.82, 2.24) is 4.31 Å². The zero-order chi connectivity index (χ0) is 14.3. The van der Waals surface area contributed by atoms with Crippen molar-refractivity contribution in [2.24, 2.45) is 5.92 Å². The van der Waals surface area contributed by atoms with Crippen LogP contribution in [-0.4, -0.2) is 32.4 Å². The molecule has 0 amide bonds. The predicted octanol–water partition coefficient (Wildman–Crippen LogP) is 1.61. The summed E-state index contributed by atoms with van der Waals surface area (Å²) in [5, 5.41) is 0. The van der Waals surface area contributed by atoms with Crippen LogP contribution < -0.4 is 10.0 Å². The second-order valence-electron chi connectivity index (χ2n) is 5.82. The van der Waals surface area contributed by atoms with Gasteiger partial charge in [-0.05, 0) is 48.9 Å². The van der Waals surface area contributed by atoms with Gasteiger partial charge in [0.05, 0.1) is 5.69 Å². The molecule has 0 radical (unpaired) electrons. The molecule has 3 rings (SSSR count). The fourth-order valence-electron chi connectivity index (χ4n) is 3.13. The summed E-state index contributed by atoms with van der Waals surface area (Å²) >= 11 is 0. The van der Waals surface area contributed by atoms with E-state index in [0.29, 0.717) is 31.2 Å². The smallest absolute Gasteiger partial charge is 0.304 e. The van der Waals surface area contributed by atoms with Crippen LogP contribution in [0.1, 0.15) is 25.3 Å². The van der Waals surface area contributed by atoms with Crippen LogP contribution in [-0.2, 0) is 16.6 Å². The highest BCUT2D eigenvalue weighted by Crippen LogP contribution is 2.33. The first-order chi connectivity index (χ1) is 9.48. The summed E-state index contributed by atoms with van der Waals surface area (Å²) in [7, 11) is -3.40. The van der Waals surface area contributed by atoms with Gasteiger partial charge in [-0.25, -0.2) is 0 Å². The number of piperidine rings is 1. The zero-order valence-corrected chi connectivity index (χ0v) is 12.6. The summed E-state index contributed by atoms with van der Waals surface area (Å²) in [6.45, 7) is 3.89. The van der Waals surface area contributed by atoms with E-state index < -0.39 is 10.2 Å². The van der Waals surface area contributed by atoms with Crippen molar-refractivity contribution in [1.29, 1.82) is 0 Å². The number of fused-ring (bicyclic) bond motifs is 1. The van der Waals surface area contributed by atoms with E-state index in [4.69, 9.17) is 5.73 Å². The van der Waals surface area contributed by atoms with Gasteiger partial charge in [-0.15, -0.1) is 0 Å². The van der Waals surface area contributed by atoms with Crippen LogP contribution in [0.4, 0.5) is 11.4 Å². The summed E-state index contributed by atoms with van der Waals surface area (Å²) in [4.78, 5) is 0. The Morgan fingerprint density at radius 1 is 1.30 bits per heavy atom. The van der Waals surface area contributed by atoms with E-state index in [-0.39, 0.29) is 0 Å². The highest BCUT2D eigenvalue weighted by Gasteiger charge is 2.36. The number of anilines is 2. The first kappa shape index (κ1) is 13.7. The van der Waals surface area contributed by atoms with Crippen molar-refractivity contribution in [3.05, 3.63) is 23.8 Å². The molecule has 20 heavy (non-hydrogen) atoms. The summed E-state index contributed by atoms with van der Waals surface area (Å²) < 4.78 is 28.8. The molecule has 2 N–H and O–H groups in total. The van der Waals surface area contributed by atoms with E-state index in [1.165, 1.54) is 0 Å². The molecule has 1 fully saturated rings. The number of benzene rings is 1. The molecule has 6 heteroatoms. The Labute approximate surface area is 120 Å². The molecule has 5 nitrogen and oxygen atoms in total. The minimum Gasteiger partial charge on any atom is -0.399 e. The lowest BCUT2D eigenvalue weighted by Crippen LogP contribution is -2.47. The first-order valence-corrected chi connectivity index (χ1v) is 8.54. The molecule has 0 saturated carbocycles. The third-order valence-electron chi connectivity index (χ3n) is 4.18. The molecule has 1 atom stereocenters. The maximum Gasteiger partial charge on any atom is 0.304 e. The lowest BCUT2D eigenvalue weighted by molar-refractivity contribution is 0.280. The van der Waals surface area contributed by atoms with E-state index in [1.54, 1.807) is 14.7 Å². The lowest BCUT2D eigenvalue weighted by atomic mass is 10.0. The minimum absolute atomic E-state index is 0.437. The molecule has 2 aliphatic rings. The molecule has 0 spiro atoms. The summed E-state index contributed by atoms with van der Waals surface area (Å²) in [6.07, 6.45) is 2.80. The largest absolute Gasteiger partial charge is 0.399 e. The molecule has 2 aliphatic heterocycles. The molecular formula is C14H21N3O2S. The minimum atomic E-state index is -3.40. The number of hydrogen-bond donors (Lipinski definition) is 1. The number of nitrogen functional groups attached to an aromatic ring is 1. The number of nitrogens with two attached hydrogens (primary N) is 1. The van der Waals surface area contributed by atoms with Gasteiger partial charge in [0.2, 0.25) is 0 Å². The SMILES string of the molecule is CC1CCCN(S(=O)(=O)N2CCc3cc(N)ccc32)C1. The molecule has 0 bridgehead atoms. The molecule has 1 unspecified atom stereocenters. The molecule has 1 saturated heterocycles. The quantitative estimate of drug-likeness (QED) is 0.843. The van der Waals surface area contributed by atoms with Gasteiger partial charge < -0.3 is 5.73 Å². The molecule has 110 valence electrons. The van der Waals surface area contributed by atoms with Gasteiger partial charge in [-0.2, -0.15) is 12.7 Å². The number of rotatable bonds is 2. The molecule has 1 aromatic carbocycles. The Bertz CT molecular complexity index is 615. The van der Waals surface area contributed by atoms with Gasteiger partial charge in [0.15, 0.2) is 0 Å². The Morgan fingerprint density at radius 3 is 2.85 bits per heavy atom. The van der Waals surface area contributed by atoms with Crippen molar-refractivity contribution < 1.29 is 8.42 Å². The van der Waals surface area contributed by atoms with Gasteiger partial charge in [-0.3, -0.25) is 4.31 Å². The Morgan fingerprint density at radius 2 is 2.10 bits per heavy atom. The fraction of sp³-hybridized carbons (Fsp3) is 0.571. The molecule has 1 aromatic rings. The maximum atomic E-state index is 12.8. The van der Waals surface area contributed by atoms with Crippen molar-refractivity contribution in [3.63, 3.8) is 0 Å². The van der Waals surface area contributed by atoms with E-state index >= 15 is 0 Å². The van der Waals surface area contributed by atoms with Crippen LogP contribution in [0.2, 0.25) is 0 Å². The van der Waals surface area contributed by atoms with Crippen LogP contribution in [0.3, 0.4) is 0 Å². The van der Waals surface area contributed by atoms with E-state index in [0.717, 1.165) is 30.5 Å². The van der Waals surface area contributed by atoms with Gasteiger partial charge in [0.1, 0.15) is 0 Å². The monoisotopic (exact) mass is 295 g/mol. The number of nitrogens with zero attached hydrogens (tertiary/aromatic N) is 2. The Kier molecular flexibility index (Phi) is 3.38. The second kappa shape index (κ2) is 4.93. The average molecular weight is 295 g/mol. The highest BCUT2D eigenvalue weighted by atomic mass is 32.2. The van der Waals surface area contributed by atoms with E-state index in [1.807, 2.05) is 12.1 Å². The second-order valence-corrected chi connectivity index (χ2v) is 7.68. The molecule has 2 heterocycles.